The molecule has 0 amide bonds. The van der Waals surface area contributed by atoms with Gasteiger partial charge in [-0.3, -0.25) is 0 Å². The molecule has 0 unspecified atom stereocenters. The molecular formula is C4H4Br2S. The Hall–Kier alpha value is 0.790. The summed E-state index contributed by atoms with van der Waals surface area (Å²) in [5.74, 6) is 0. The summed E-state index contributed by atoms with van der Waals surface area (Å²) in [6, 6.07) is 0. The fraction of sp³-hybridized carbons (Fsp3) is 0. The molecule has 40 valence electrons. The summed E-state index contributed by atoms with van der Waals surface area (Å²) in [6.07, 6.45) is 0. The van der Waals surface area contributed by atoms with Crippen LogP contribution in [0.25, 0.3) is 0 Å². The van der Waals surface area contributed by atoms with E-state index in [0.29, 0.717) is 0 Å². The van der Waals surface area contributed by atoms with E-state index in [9.17, 15) is 0 Å². The fourth-order valence-corrected chi connectivity index (χ4v) is 2.18. The van der Waals surface area contributed by atoms with Crippen molar-refractivity contribution in [3.63, 3.8) is 0 Å². The molecule has 0 aromatic heterocycles. The summed E-state index contributed by atoms with van der Waals surface area (Å²) in [5, 5.41) is 0. The van der Waals surface area contributed by atoms with Gasteiger partial charge < -0.3 is 0 Å². The van der Waals surface area contributed by atoms with Gasteiger partial charge in [0, 0.05) is 7.63 Å². The first-order valence-corrected chi connectivity index (χ1v) is 3.90. The third kappa shape index (κ3) is 6.79. The largest absolute Gasteiger partial charge is 0.0779 e. The highest BCUT2D eigenvalue weighted by Gasteiger charge is 1.87. The molecule has 0 N–H and O–H groups in total. The molecule has 0 heterocycles. The molecule has 0 saturated heterocycles. The van der Waals surface area contributed by atoms with Gasteiger partial charge in [0.1, 0.15) is 0 Å². The number of hydrogen-bond acceptors (Lipinski definition) is 1. The molecule has 0 radical (unpaired) electrons. The lowest BCUT2D eigenvalue weighted by atomic mass is 11.2. The Bertz CT molecular complexity index is 85.9. The first kappa shape index (κ1) is 7.79. The first-order chi connectivity index (χ1) is 3.13. The van der Waals surface area contributed by atoms with Crippen LogP contribution in [0.3, 0.4) is 0 Å². The van der Waals surface area contributed by atoms with E-state index in [0.717, 1.165) is 7.63 Å². The van der Waals surface area contributed by atoms with E-state index in [-0.39, 0.29) is 0 Å². The smallest absolute Gasteiger partial charge is 0.0484 e. The number of thioether (sulfide) groups is 1. The van der Waals surface area contributed by atoms with Gasteiger partial charge >= 0.3 is 0 Å². The second kappa shape index (κ2) is 3.75. The van der Waals surface area contributed by atoms with Crippen LogP contribution in [-0.2, 0) is 0 Å². The third-order valence-electron chi connectivity index (χ3n) is 0.221. The summed E-state index contributed by atoms with van der Waals surface area (Å²) in [5.41, 5.74) is 0. The van der Waals surface area contributed by atoms with Gasteiger partial charge in [0.25, 0.3) is 0 Å². The Balaban J connectivity index is 3.32. The maximum Gasteiger partial charge on any atom is 0.0484 e. The first-order valence-electron chi connectivity index (χ1n) is 1.49. The van der Waals surface area contributed by atoms with Crippen molar-refractivity contribution in [3.05, 3.63) is 20.8 Å². The van der Waals surface area contributed by atoms with Gasteiger partial charge in [0.15, 0.2) is 0 Å². The molecule has 0 bridgehead atoms. The van der Waals surface area contributed by atoms with Gasteiger partial charge in [-0.25, -0.2) is 0 Å². The van der Waals surface area contributed by atoms with E-state index in [2.05, 4.69) is 45.0 Å². The van der Waals surface area contributed by atoms with Crippen molar-refractivity contribution in [1.82, 2.24) is 0 Å². The van der Waals surface area contributed by atoms with Crippen molar-refractivity contribution in [1.29, 1.82) is 0 Å². The Morgan fingerprint density at radius 3 is 1.43 bits per heavy atom. The van der Waals surface area contributed by atoms with Crippen LogP contribution in [0.4, 0.5) is 0 Å². The van der Waals surface area contributed by atoms with Crippen molar-refractivity contribution >= 4 is 43.6 Å². The van der Waals surface area contributed by atoms with Crippen LogP contribution in [0.2, 0.25) is 0 Å². The number of hydrogen-bond donors (Lipinski definition) is 0. The van der Waals surface area contributed by atoms with Gasteiger partial charge in [-0.1, -0.05) is 24.9 Å². The molecule has 0 aliphatic rings. The Morgan fingerprint density at radius 2 is 1.43 bits per heavy atom. The summed E-state index contributed by atoms with van der Waals surface area (Å²) in [4.78, 5) is 0. The molecule has 0 saturated carbocycles. The molecule has 7 heavy (non-hydrogen) atoms. The second-order valence-electron chi connectivity index (χ2n) is 0.812. The van der Waals surface area contributed by atoms with Crippen LogP contribution in [0.5, 0.6) is 0 Å². The van der Waals surface area contributed by atoms with Gasteiger partial charge in [0.05, 0.1) is 0 Å². The van der Waals surface area contributed by atoms with E-state index in [1.165, 1.54) is 11.8 Å². The van der Waals surface area contributed by atoms with Crippen molar-refractivity contribution in [3.8, 4) is 0 Å². The highest BCUT2D eigenvalue weighted by atomic mass is 79.9. The average Bonchev–Trinajstić information content (AvgIpc) is 1.27. The van der Waals surface area contributed by atoms with E-state index in [1.807, 2.05) is 0 Å². The molecule has 0 aliphatic carbocycles. The van der Waals surface area contributed by atoms with Crippen molar-refractivity contribution < 1.29 is 0 Å². The molecule has 0 fully saturated rings. The predicted octanol–water partition coefficient (Wildman–Crippen LogP) is 3.45. The monoisotopic (exact) mass is 242 g/mol. The Kier molecular flexibility index (Phi) is 4.17. The average molecular weight is 244 g/mol. The van der Waals surface area contributed by atoms with Crippen LogP contribution in [0, 0.1) is 0 Å². The van der Waals surface area contributed by atoms with E-state index < -0.39 is 0 Å². The normalized spacial score (nSPS) is 8.29. The van der Waals surface area contributed by atoms with Crippen LogP contribution in [-0.4, -0.2) is 0 Å². The van der Waals surface area contributed by atoms with Crippen LogP contribution in [0.15, 0.2) is 20.8 Å². The molecule has 0 atom stereocenters. The van der Waals surface area contributed by atoms with E-state index >= 15 is 0 Å². The fourth-order valence-electron chi connectivity index (χ4n) is 0.120. The molecule has 0 aromatic rings. The van der Waals surface area contributed by atoms with Crippen LogP contribution < -0.4 is 0 Å². The maximum absolute atomic E-state index is 3.58. The minimum Gasteiger partial charge on any atom is -0.0779 e. The number of rotatable bonds is 2. The van der Waals surface area contributed by atoms with Crippen LogP contribution in [0.1, 0.15) is 0 Å². The summed E-state index contributed by atoms with van der Waals surface area (Å²) < 4.78 is 1.74. The highest BCUT2D eigenvalue weighted by Crippen LogP contribution is 2.30. The zero-order valence-corrected chi connectivity index (χ0v) is 7.57. The van der Waals surface area contributed by atoms with Gasteiger partial charge in [-0.05, 0) is 31.9 Å². The number of halogens is 2. The minimum atomic E-state index is 0.870. The van der Waals surface area contributed by atoms with Crippen molar-refractivity contribution in [2.24, 2.45) is 0 Å². The highest BCUT2D eigenvalue weighted by molar-refractivity contribution is 9.16. The molecular weight excluding hydrogens is 240 g/mol. The quantitative estimate of drug-likeness (QED) is 0.716. The molecule has 0 nitrogen and oxygen atoms in total. The lowest BCUT2D eigenvalue weighted by Crippen LogP contribution is -1.50. The molecule has 0 spiro atoms. The van der Waals surface area contributed by atoms with Crippen molar-refractivity contribution in [2.75, 3.05) is 0 Å². The van der Waals surface area contributed by atoms with Gasteiger partial charge in [0.2, 0.25) is 0 Å². The molecule has 0 rings (SSSR count). The van der Waals surface area contributed by atoms with Crippen molar-refractivity contribution in [2.45, 2.75) is 0 Å². The summed E-state index contributed by atoms with van der Waals surface area (Å²) in [7, 11) is 0. The molecule has 0 aliphatic heterocycles. The van der Waals surface area contributed by atoms with E-state index in [1.54, 1.807) is 0 Å². The Morgan fingerprint density at radius 1 is 1.14 bits per heavy atom. The SMILES string of the molecule is C=C(Br)SC(=C)Br. The lowest BCUT2D eigenvalue weighted by molar-refractivity contribution is 2.48. The summed E-state index contributed by atoms with van der Waals surface area (Å²) in [6.45, 7) is 7.17. The summed E-state index contributed by atoms with van der Waals surface area (Å²) >= 11 is 7.76. The second-order valence-corrected chi connectivity index (χ2v) is 4.97. The molecule has 3 heteroatoms. The van der Waals surface area contributed by atoms with Gasteiger partial charge in [-0.2, -0.15) is 0 Å². The zero-order valence-electron chi connectivity index (χ0n) is 3.58. The Labute approximate surface area is 64.3 Å². The standard InChI is InChI=1S/C4H4Br2S/c1-3(5)7-4(2)6/h1-2H2. The molecule has 0 aromatic carbocycles. The van der Waals surface area contributed by atoms with Crippen LogP contribution >= 0.6 is 43.6 Å². The zero-order chi connectivity index (χ0) is 5.86. The lowest BCUT2D eigenvalue weighted by Gasteiger charge is -1.88. The van der Waals surface area contributed by atoms with Gasteiger partial charge in [-0.15, -0.1) is 0 Å². The maximum atomic E-state index is 3.58. The predicted molar refractivity (Wildman–Crippen MR) is 43.7 cm³/mol. The third-order valence-corrected chi connectivity index (χ3v) is 1.64. The minimum absolute atomic E-state index is 0.870. The van der Waals surface area contributed by atoms with E-state index in [4.69, 9.17) is 0 Å². The topological polar surface area (TPSA) is 0 Å².